The van der Waals surface area contributed by atoms with Crippen LogP contribution in [0, 0.1) is 6.92 Å². The van der Waals surface area contributed by atoms with E-state index in [1.54, 1.807) is 7.05 Å². The van der Waals surface area contributed by atoms with Gasteiger partial charge in [0.2, 0.25) is 5.96 Å². The Morgan fingerprint density at radius 1 is 1.20 bits per heavy atom. The van der Waals surface area contributed by atoms with E-state index in [0.29, 0.717) is 11.0 Å². The van der Waals surface area contributed by atoms with Crippen LogP contribution in [-0.2, 0) is 14.3 Å². The third kappa shape index (κ3) is 2.68. The molecule has 0 aromatic heterocycles. The number of hydrogen-bond donors (Lipinski definition) is 0. The van der Waals surface area contributed by atoms with Gasteiger partial charge in [-0.1, -0.05) is 17.7 Å². The Bertz CT molecular complexity index is 1040. The number of allylic oxidation sites excluding steroid dienone is 2. The second kappa shape index (κ2) is 7.02. The summed E-state index contributed by atoms with van der Waals surface area (Å²) in [5.41, 5.74) is 3.49. The molecule has 0 radical (unpaired) electrons. The molecule has 3 heterocycles. The number of likely N-dealkylation sites (N-methyl/N-ethyl adjacent to an activating group) is 1. The highest BCUT2D eigenvalue weighted by Gasteiger charge is 2.56. The second-order valence-corrected chi connectivity index (χ2v) is 7.85. The predicted molar refractivity (Wildman–Crippen MR) is 111 cm³/mol. The monoisotopic (exact) mass is 431 g/mol. The minimum atomic E-state index is -0.758. The summed E-state index contributed by atoms with van der Waals surface area (Å²) < 4.78 is 4.64. The number of hydrogen-bond acceptors (Lipinski definition) is 7. The zero-order chi connectivity index (χ0) is 21.9. The van der Waals surface area contributed by atoms with Gasteiger partial charge in [-0.25, -0.2) is 9.79 Å². The molecule has 158 valence electrons. The average Bonchev–Trinajstić information content (AvgIpc) is 3.22. The maximum Gasteiger partial charge on any atom is 0.328 e. The second-order valence-electron chi connectivity index (χ2n) is 7.44. The van der Waals surface area contributed by atoms with Gasteiger partial charge in [-0.05, 0) is 38.5 Å². The van der Waals surface area contributed by atoms with Crippen molar-refractivity contribution in [2.75, 3.05) is 25.6 Å². The van der Waals surface area contributed by atoms with Gasteiger partial charge in [0.25, 0.3) is 5.91 Å². The molecular formula is C20H22ClN5O4. The van der Waals surface area contributed by atoms with E-state index < -0.39 is 36.7 Å². The van der Waals surface area contributed by atoms with E-state index in [2.05, 4.69) is 4.74 Å². The van der Waals surface area contributed by atoms with Gasteiger partial charge in [-0.2, -0.15) is 0 Å². The molecule has 1 fully saturated rings. The van der Waals surface area contributed by atoms with Gasteiger partial charge in [0.05, 0.1) is 12.8 Å². The third-order valence-electron chi connectivity index (χ3n) is 5.89. The van der Waals surface area contributed by atoms with Crippen molar-refractivity contribution in [1.29, 1.82) is 0 Å². The van der Waals surface area contributed by atoms with Crippen molar-refractivity contribution in [1.82, 2.24) is 14.7 Å². The number of esters is 1. The molecule has 3 amide bonds. The molecule has 1 aromatic carbocycles. The SMILES string of the molecule is COC(=O)CN1C(=O)C2C(N=C3N(c4cccc(Cl)c4C)C(C)=C(C)N32)N(C)C1=O. The van der Waals surface area contributed by atoms with Crippen molar-refractivity contribution < 1.29 is 19.1 Å². The Morgan fingerprint density at radius 3 is 2.57 bits per heavy atom. The number of ether oxygens (including phenoxy) is 1. The lowest BCUT2D eigenvalue weighted by molar-refractivity contribution is -0.148. The number of aliphatic imine (C=N–C) groups is 1. The zero-order valence-electron chi connectivity index (χ0n) is 17.3. The molecule has 0 saturated carbocycles. The Morgan fingerprint density at radius 2 is 1.90 bits per heavy atom. The fourth-order valence-electron chi connectivity index (χ4n) is 4.08. The standard InChI is InChI=1S/C20H22ClN5O4/c1-10-13(21)7-6-8-14(10)25-11(2)12(3)26-16-17(22-19(25)26)23(4)20(29)24(18(16)28)9-15(27)30-5/h6-8,16-17H,9H2,1-5H3. The number of halogens is 1. The third-order valence-corrected chi connectivity index (χ3v) is 6.30. The number of benzene rings is 1. The summed E-state index contributed by atoms with van der Waals surface area (Å²) >= 11 is 6.33. The first-order chi connectivity index (χ1) is 14.2. The van der Waals surface area contributed by atoms with Crippen molar-refractivity contribution in [2.45, 2.75) is 33.0 Å². The summed E-state index contributed by atoms with van der Waals surface area (Å²) in [6.45, 7) is 5.33. The Kier molecular flexibility index (Phi) is 4.73. The summed E-state index contributed by atoms with van der Waals surface area (Å²) in [6.07, 6.45) is -0.695. The van der Waals surface area contributed by atoms with Gasteiger partial charge in [-0.15, -0.1) is 0 Å². The van der Waals surface area contributed by atoms with Crippen molar-refractivity contribution in [3.8, 4) is 0 Å². The summed E-state index contributed by atoms with van der Waals surface area (Å²) in [7, 11) is 2.79. The summed E-state index contributed by atoms with van der Waals surface area (Å²) in [5, 5.41) is 0.625. The largest absolute Gasteiger partial charge is 0.468 e. The van der Waals surface area contributed by atoms with E-state index in [0.717, 1.165) is 27.5 Å². The lowest BCUT2D eigenvalue weighted by atomic mass is 10.1. The van der Waals surface area contributed by atoms with Crippen LogP contribution in [0.15, 0.2) is 34.6 Å². The maximum atomic E-state index is 13.3. The number of methoxy groups -OCH3 is 1. The molecule has 3 aliphatic heterocycles. The molecule has 30 heavy (non-hydrogen) atoms. The number of anilines is 1. The van der Waals surface area contributed by atoms with E-state index in [9.17, 15) is 14.4 Å². The molecule has 2 atom stereocenters. The number of carbonyl (C=O) groups excluding carboxylic acids is 3. The first-order valence-electron chi connectivity index (χ1n) is 9.43. The van der Waals surface area contributed by atoms with Gasteiger partial charge in [0.1, 0.15) is 6.54 Å². The highest BCUT2D eigenvalue weighted by Crippen LogP contribution is 2.41. The van der Waals surface area contributed by atoms with Crippen LogP contribution in [0.1, 0.15) is 19.4 Å². The van der Waals surface area contributed by atoms with Crippen molar-refractivity contribution in [2.24, 2.45) is 4.99 Å². The normalized spacial score (nSPS) is 23.2. The number of imide groups is 1. The number of urea groups is 1. The topological polar surface area (TPSA) is 85.8 Å². The fourth-order valence-corrected chi connectivity index (χ4v) is 4.25. The predicted octanol–water partition coefficient (Wildman–Crippen LogP) is 2.15. The Balaban J connectivity index is 1.77. The molecule has 0 N–H and O–H groups in total. The Hall–Kier alpha value is -3.07. The first kappa shape index (κ1) is 20.2. The molecular weight excluding hydrogens is 410 g/mol. The fraction of sp³-hybridized carbons (Fsp3) is 0.400. The molecule has 3 aliphatic rings. The molecule has 4 rings (SSSR count). The number of rotatable bonds is 3. The molecule has 0 aliphatic carbocycles. The molecule has 1 aromatic rings. The molecule has 0 bridgehead atoms. The summed E-state index contributed by atoms with van der Waals surface area (Å²) in [6, 6.07) is 4.27. The minimum Gasteiger partial charge on any atom is -0.468 e. The molecule has 1 saturated heterocycles. The van der Waals surface area contributed by atoms with E-state index >= 15 is 0 Å². The van der Waals surface area contributed by atoms with Crippen LogP contribution in [0.25, 0.3) is 0 Å². The maximum absolute atomic E-state index is 13.3. The zero-order valence-corrected chi connectivity index (χ0v) is 18.1. The van der Waals surface area contributed by atoms with Crippen molar-refractivity contribution >= 4 is 41.2 Å². The average molecular weight is 432 g/mol. The summed E-state index contributed by atoms with van der Waals surface area (Å²) in [4.78, 5) is 48.6. The van der Waals surface area contributed by atoms with Crippen LogP contribution in [0.5, 0.6) is 0 Å². The number of nitrogens with zero attached hydrogens (tertiary/aromatic N) is 5. The smallest absolute Gasteiger partial charge is 0.328 e. The van der Waals surface area contributed by atoms with Gasteiger partial charge in [-0.3, -0.25) is 24.3 Å². The molecule has 2 unspecified atom stereocenters. The highest BCUT2D eigenvalue weighted by atomic mass is 35.5. The van der Waals surface area contributed by atoms with Crippen LogP contribution in [0.4, 0.5) is 10.5 Å². The van der Waals surface area contributed by atoms with E-state index in [4.69, 9.17) is 16.6 Å². The highest BCUT2D eigenvalue weighted by molar-refractivity contribution is 6.32. The summed E-state index contributed by atoms with van der Waals surface area (Å²) in [5.74, 6) is -0.592. The lowest BCUT2D eigenvalue weighted by Crippen LogP contribution is -2.65. The van der Waals surface area contributed by atoms with Crippen LogP contribution in [0.2, 0.25) is 5.02 Å². The number of amides is 3. The minimum absolute atomic E-state index is 0.441. The van der Waals surface area contributed by atoms with Gasteiger partial charge in [0, 0.05) is 23.5 Å². The quantitative estimate of drug-likeness (QED) is 0.682. The van der Waals surface area contributed by atoms with Crippen molar-refractivity contribution in [3.05, 3.63) is 40.2 Å². The van der Waals surface area contributed by atoms with Gasteiger partial charge in [0.15, 0.2) is 12.2 Å². The van der Waals surface area contributed by atoms with Gasteiger partial charge < -0.3 is 9.64 Å². The molecule has 0 spiro atoms. The first-order valence-corrected chi connectivity index (χ1v) is 9.81. The van der Waals surface area contributed by atoms with Crippen LogP contribution in [0.3, 0.4) is 0 Å². The Labute approximate surface area is 179 Å². The van der Waals surface area contributed by atoms with Crippen molar-refractivity contribution in [3.63, 3.8) is 0 Å². The number of fused-ring (bicyclic) bond motifs is 3. The van der Waals surface area contributed by atoms with Crippen LogP contribution >= 0.6 is 11.6 Å². The van der Waals surface area contributed by atoms with E-state index in [1.807, 2.05) is 48.8 Å². The van der Waals surface area contributed by atoms with Gasteiger partial charge >= 0.3 is 12.0 Å². The van der Waals surface area contributed by atoms with Crippen LogP contribution < -0.4 is 4.90 Å². The molecule has 10 heteroatoms. The van der Waals surface area contributed by atoms with Crippen LogP contribution in [-0.4, -0.2) is 71.5 Å². The molecule has 9 nitrogen and oxygen atoms in total. The number of carbonyl (C=O) groups is 3. The lowest BCUT2D eigenvalue weighted by Gasteiger charge is -2.40. The van der Waals surface area contributed by atoms with E-state index in [-0.39, 0.29) is 0 Å². The number of guanidine groups is 1. The van der Waals surface area contributed by atoms with E-state index in [1.165, 1.54) is 12.0 Å².